The Morgan fingerprint density at radius 3 is 2.72 bits per heavy atom. The second-order valence-electron chi connectivity index (χ2n) is 4.22. The number of rotatable bonds is 5. The average Bonchev–Trinajstić information content (AvgIpc) is 2.89. The molecule has 2 heterocycles. The highest BCUT2D eigenvalue weighted by Crippen LogP contribution is 2.19. The predicted molar refractivity (Wildman–Crippen MR) is 75.9 cm³/mol. The van der Waals surface area contributed by atoms with E-state index in [9.17, 15) is 5.11 Å². The van der Waals surface area contributed by atoms with E-state index in [-0.39, 0.29) is 0 Å². The Hall–Kier alpha value is -1.39. The SMILES string of the molecule is CCN(Cc1cccs1)c1ccc(C(C)O)cn1. The van der Waals surface area contributed by atoms with Crippen LogP contribution in [0.3, 0.4) is 0 Å². The van der Waals surface area contributed by atoms with Crippen LogP contribution in [0.4, 0.5) is 5.82 Å². The van der Waals surface area contributed by atoms with Gasteiger partial charge in [-0.1, -0.05) is 12.1 Å². The maximum Gasteiger partial charge on any atom is 0.128 e. The summed E-state index contributed by atoms with van der Waals surface area (Å²) >= 11 is 1.76. The van der Waals surface area contributed by atoms with Crippen molar-refractivity contribution in [3.63, 3.8) is 0 Å². The van der Waals surface area contributed by atoms with Gasteiger partial charge in [0.05, 0.1) is 12.6 Å². The van der Waals surface area contributed by atoms with E-state index in [1.54, 1.807) is 24.5 Å². The average molecular weight is 262 g/mol. The van der Waals surface area contributed by atoms with Gasteiger partial charge < -0.3 is 10.0 Å². The first-order valence-electron chi connectivity index (χ1n) is 6.12. The summed E-state index contributed by atoms with van der Waals surface area (Å²) < 4.78 is 0. The standard InChI is InChI=1S/C14H18N2OS/c1-3-16(10-13-5-4-8-18-13)14-7-6-12(9-15-14)11(2)17/h4-9,11,17H,3,10H2,1-2H3. The topological polar surface area (TPSA) is 36.4 Å². The molecule has 1 unspecified atom stereocenters. The Morgan fingerprint density at radius 1 is 1.39 bits per heavy atom. The number of anilines is 1. The number of hydrogen-bond acceptors (Lipinski definition) is 4. The maximum atomic E-state index is 9.47. The van der Waals surface area contributed by atoms with Gasteiger partial charge in [0.2, 0.25) is 0 Å². The molecule has 0 aliphatic rings. The van der Waals surface area contributed by atoms with Gasteiger partial charge in [-0.2, -0.15) is 0 Å². The Balaban J connectivity index is 2.12. The summed E-state index contributed by atoms with van der Waals surface area (Å²) in [5.74, 6) is 0.954. The molecule has 2 aromatic heterocycles. The van der Waals surface area contributed by atoms with Crippen LogP contribution in [0.1, 0.15) is 30.4 Å². The van der Waals surface area contributed by atoms with E-state index < -0.39 is 6.10 Å². The monoisotopic (exact) mass is 262 g/mol. The molecule has 2 aromatic rings. The highest BCUT2D eigenvalue weighted by atomic mass is 32.1. The van der Waals surface area contributed by atoms with Crippen molar-refractivity contribution in [2.24, 2.45) is 0 Å². The first-order valence-corrected chi connectivity index (χ1v) is 7.00. The van der Waals surface area contributed by atoms with Crippen molar-refractivity contribution < 1.29 is 5.11 Å². The molecule has 0 saturated carbocycles. The molecular weight excluding hydrogens is 244 g/mol. The largest absolute Gasteiger partial charge is 0.389 e. The van der Waals surface area contributed by atoms with E-state index in [1.807, 2.05) is 12.1 Å². The molecule has 0 aliphatic heterocycles. The van der Waals surface area contributed by atoms with Gasteiger partial charge in [0, 0.05) is 17.6 Å². The Kier molecular flexibility index (Phi) is 4.33. The fraction of sp³-hybridized carbons (Fsp3) is 0.357. The summed E-state index contributed by atoms with van der Waals surface area (Å²) in [6.07, 6.45) is 1.29. The maximum absolute atomic E-state index is 9.47. The fourth-order valence-corrected chi connectivity index (χ4v) is 2.50. The third kappa shape index (κ3) is 3.09. The van der Waals surface area contributed by atoms with Crippen LogP contribution in [-0.2, 0) is 6.54 Å². The lowest BCUT2D eigenvalue weighted by atomic mass is 10.2. The molecule has 0 amide bonds. The van der Waals surface area contributed by atoms with Gasteiger partial charge in [0.15, 0.2) is 0 Å². The third-order valence-electron chi connectivity index (χ3n) is 2.89. The van der Waals surface area contributed by atoms with Crippen molar-refractivity contribution >= 4 is 17.2 Å². The number of aliphatic hydroxyl groups is 1. The highest BCUT2D eigenvalue weighted by Gasteiger charge is 2.08. The van der Waals surface area contributed by atoms with Crippen LogP contribution in [0.2, 0.25) is 0 Å². The summed E-state index contributed by atoms with van der Waals surface area (Å²) in [7, 11) is 0. The van der Waals surface area contributed by atoms with E-state index in [0.29, 0.717) is 0 Å². The Morgan fingerprint density at radius 2 is 2.22 bits per heavy atom. The molecule has 96 valence electrons. The fourth-order valence-electron chi connectivity index (χ4n) is 1.78. The lowest BCUT2D eigenvalue weighted by Gasteiger charge is -2.21. The summed E-state index contributed by atoms with van der Waals surface area (Å²) in [5, 5.41) is 11.6. The lowest BCUT2D eigenvalue weighted by Crippen LogP contribution is -2.22. The molecule has 1 N–H and O–H groups in total. The first-order chi connectivity index (χ1) is 8.70. The minimum atomic E-state index is -0.459. The molecule has 0 bridgehead atoms. The Bertz CT molecular complexity index is 465. The number of nitrogens with zero attached hydrogens (tertiary/aromatic N) is 2. The molecule has 3 nitrogen and oxygen atoms in total. The first kappa shape index (κ1) is 13.1. The van der Waals surface area contributed by atoms with Crippen LogP contribution >= 0.6 is 11.3 Å². The van der Waals surface area contributed by atoms with Crippen molar-refractivity contribution in [1.29, 1.82) is 0 Å². The second kappa shape index (κ2) is 5.98. The predicted octanol–water partition coefficient (Wildman–Crippen LogP) is 3.22. The van der Waals surface area contributed by atoms with Crippen molar-refractivity contribution in [3.8, 4) is 0 Å². The molecule has 0 saturated heterocycles. The van der Waals surface area contributed by atoms with Crippen LogP contribution in [0.5, 0.6) is 0 Å². The molecule has 2 rings (SSSR count). The summed E-state index contributed by atoms with van der Waals surface area (Å²) in [6, 6.07) is 8.11. The quantitative estimate of drug-likeness (QED) is 0.898. The lowest BCUT2D eigenvalue weighted by molar-refractivity contribution is 0.199. The summed E-state index contributed by atoms with van der Waals surface area (Å²) in [5.41, 5.74) is 0.853. The molecule has 0 radical (unpaired) electrons. The second-order valence-corrected chi connectivity index (χ2v) is 5.25. The number of pyridine rings is 1. The molecule has 1 atom stereocenters. The van der Waals surface area contributed by atoms with Gasteiger partial charge in [0.25, 0.3) is 0 Å². The van der Waals surface area contributed by atoms with Crippen LogP contribution < -0.4 is 4.90 Å². The van der Waals surface area contributed by atoms with Gasteiger partial charge >= 0.3 is 0 Å². The van der Waals surface area contributed by atoms with E-state index in [2.05, 4.69) is 34.3 Å². The van der Waals surface area contributed by atoms with Gasteiger partial charge in [-0.05, 0) is 36.9 Å². The minimum absolute atomic E-state index is 0.459. The zero-order valence-electron chi connectivity index (χ0n) is 10.7. The molecule has 0 spiro atoms. The van der Waals surface area contributed by atoms with Crippen LogP contribution in [0.15, 0.2) is 35.8 Å². The zero-order valence-corrected chi connectivity index (χ0v) is 11.5. The van der Waals surface area contributed by atoms with E-state index in [1.165, 1.54) is 4.88 Å². The van der Waals surface area contributed by atoms with Gasteiger partial charge in [-0.3, -0.25) is 0 Å². The molecular formula is C14H18N2OS. The van der Waals surface area contributed by atoms with E-state index in [0.717, 1.165) is 24.5 Å². The highest BCUT2D eigenvalue weighted by molar-refractivity contribution is 7.09. The van der Waals surface area contributed by atoms with Gasteiger partial charge in [0.1, 0.15) is 5.82 Å². The number of thiophene rings is 1. The zero-order chi connectivity index (χ0) is 13.0. The smallest absolute Gasteiger partial charge is 0.128 e. The van der Waals surface area contributed by atoms with E-state index in [4.69, 9.17) is 0 Å². The van der Waals surface area contributed by atoms with Crippen molar-refractivity contribution in [3.05, 3.63) is 46.3 Å². The molecule has 18 heavy (non-hydrogen) atoms. The summed E-state index contributed by atoms with van der Waals surface area (Å²) in [6.45, 7) is 5.67. The molecule has 0 aliphatic carbocycles. The Labute approximate surface area is 112 Å². The van der Waals surface area contributed by atoms with Crippen LogP contribution in [0, 0.1) is 0 Å². The summed E-state index contributed by atoms with van der Waals surface area (Å²) in [4.78, 5) is 7.97. The number of aliphatic hydroxyl groups excluding tert-OH is 1. The molecule has 0 fully saturated rings. The van der Waals surface area contributed by atoms with Crippen LogP contribution in [-0.4, -0.2) is 16.6 Å². The van der Waals surface area contributed by atoms with Gasteiger partial charge in [-0.15, -0.1) is 11.3 Å². The molecule has 4 heteroatoms. The van der Waals surface area contributed by atoms with Gasteiger partial charge in [-0.25, -0.2) is 4.98 Å². The normalized spacial score (nSPS) is 12.4. The molecule has 0 aromatic carbocycles. The third-order valence-corrected chi connectivity index (χ3v) is 3.75. The van der Waals surface area contributed by atoms with E-state index >= 15 is 0 Å². The van der Waals surface area contributed by atoms with Crippen molar-refractivity contribution in [1.82, 2.24) is 4.98 Å². The van der Waals surface area contributed by atoms with Crippen LogP contribution in [0.25, 0.3) is 0 Å². The number of aromatic nitrogens is 1. The minimum Gasteiger partial charge on any atom is -0.389 e. The van der Waals surface area contributed by atoms with Crippen molar-refractivity contribution in [2.75, 3.05) is 11.4 Å². The van der Waals surface area contributed by atoms with Crippen molar-refractivity contribution in [2.45, 2.75) is 26.5 Å². The number of hydrogen-bond donors (Lipinski definition) is 1.